The van der Waals surface area contributed by atoms with Crippen LogP contribution in [0.15, 0.2) is 24.3 Å². The summed E-state index contributed by atoms with van der Waals surface area (Å²) >= 11 is 0. The average Bonchev–Trinajstić information content (AvgIpc) is 3.30. The SMILES string of the molecule is CCCCCCCCCCCCCCCCCCCC(=O)[C@@H](CC(C)C)OCC(=O)c1cccc(C(=O)CO[C@H](CC(C)C)C(=O)CCCCCCCCCCCCCCCCCCC)c1. The third-order valence-electron chi connectivity index (χ3n) is 13.5. The largest absolute Gasteiger partial charge is 0.362 e. The molecule has 382 valence electrons. The maximum atomic E-state index is 13.3. The maximum absolute atomic E-state index is 13.3. The van der Waals surface area contributed by atoms with Gasteiger partial charge < -0.3 is 9.47 Å². The van der Waals surface area contributed by atoms with Crippen LogP contribution >= 0.6 is 0 Å². The quantitative estimate of drug-likeness (QED) is 0.0478. The van der Waals surface area contributed by atoms with Crippen LogP contribution in [-0.4, -0.2) is 48.6 Å². The Kier molecular flexibility index (Phi) is 41.3. The summed E-state index contributed by atoms with van der Waals surface area (Å²) in [5.41, 5.74) is 0.747. The Hall–Kier alpha value is -2.18. The van der Waals surface area contributed by atoms with Gasteiger partial charge in [0.2, 0.25) is 0 Å². The van der Waals surface area contributed by atoms with Crippen LogP contribution in [0.25, 0.3) is 0 Å². The summed E-state index contributed by atoms with van der Waals surface area (Å²) in [6.45, 7) is 12.4. The summed E-state index contributed by atoms with van der Waals surface area (Å²) in [6, 6.07) is 6.65. The van der Waals surface area contributed by atoms with Crippen molar-refractivity contribution >= 4 is 23.1 Å². The number of hydrogen-bond donors (Lipinski definition) is 0. The van der Waals surface area contributed by atoms with Crippen molar-refractivity contribution in [1.29, 1.82) is 0 Å². The van der Waals surface area contributed by atoms with E-state index < -0.39 is 12.2 Å². The molecular weight excluding hydrogens is 817 g/mol. The molecule has 2 atom stereocenters. The molecule has 0 radical (unpaired) electrons. The number of benzene rings is 1. The maximum Gasteiger partial charge on any atom is 0.188 e. The summed E-state index contributed by atoms with van der Waals surface area (Å²) < 4.78 is 12.0. The van der Waals surface area contributed by atoms with E-state index in [1.807, 2.05) is 0 Å². The van der Waals surface area contributed by atoms with E-state index in [9.17, 15) is 19.2 Å². The van der Waals surface area contributed by atoms with E-state index in [0.717, 1.165) is 38.5 Å². The fourth-order valence-corrected chi connectivity index (χ4v) is 9.20. The fourth-order valence-electron chi connectivity index (χ4n) is 9.20. The van der Waals surface area contributed by atoms with Crippen molar-refractivity contribution in [3.8, 4) is 0 Å². The van der Waals surface area contributed by atoms with E-state index >= 15 is 0 Å². The van der Waals surface area contributed by atoms with Crippen molar-refractivity contribution in [2.45, 2.75) is 298 Å². The zero-order chi connectivity index (χ0) is 48.3. The topological polar surface area (TPSA) is 86.7 Å². The Labute approximate surface area is 408 Å². The molecule has 0 N–H and O–H groups in total. The molecule has 6 nitrogen and oxygen atoms in total. The van der Waals surface area contributed by atoms with Crippen molar-refractivity contribution in [3.05, 3.63) is 35.4 Å². The molecule has 0 amide bonds. The molecule has 0 aromatic heterocycles. The van der Waals surface area contributed by atoms with Gasteiger partial charge in [-0.15, -0.1) is 0 Å². The monoisotopic (exact) mass is 923 g/mol. The van der Waals surface area contributed by atoms with Gasteiger partial charge >= 0.3 is 0 Å². The minimum atomic E-state index is -0.604. The van der Waals surface area contributed by atoms with Crippen LogP contribution in [0.5, 0.6) is 0 Å². The van der Waals surface area contributed by atoms with Gasteiger partial charge in [-0.1, -0.05) is 265 Å². The molecule has 0 bridgehead atoms. The smallest absolute Gasteiger partial charge is 0.188 e. The fraction of sp³-hybridized carbons (Fsp3) is 0.833. The van der Waals surface area contributed by atoms with Gasteiger partial charge in [0.1, 0.15) is 25.4 Å². The van der Waals surface area contributed by atoms with Gasteiger partial charge in [-0.25, -0.2) is 0 Å². The molecule has 0 aliphatic heterocycles. The van der Waals surface area contributed by atoms with Gasteiger partial charge in [0.15, 0.2) is 23.1 Å². The lowest BCUT2D eigenvalue weighted by Crippen LogP contribution is -2.29. The van der Waals surface area contributed by atoms with Crippen LogP contribution in [0.4, 0.5) is 0 Å². The van der Waals surface area contributed by atoms with Crippen LogP contribution in [-0.2, 0) is 19.1 Å². The Morgan fingerprint density at radius 3 is 0.864 bits per heavy atom. The normalized spacial score (nSPS) is 12.6. The minimum absolute atomic E-state index is 0.0778. The summed E-state index contributed by atoms with van der Waals surface area (Å²) in [5, 5.41) is 0. The zero-order valence-electron chi connectivity index (χ0n) is 44.4. The molecule has 0 unspecified atom stereocenters. The van der Waals surface area contributed by atoms with E-state index in [1.54, 1.807) is 24.3 Å². The van der Waals surface area contributed by atoms with Gasteiger partial charge in [-0.2, -0.15) is 0 Å². The standard InChI is InChI=1S/C60H106O6/c1-7-9-11-13-15-17-19-21-23-25-27-29-31-33-35-37-39-44-55(61)59(46-51(3)4)65-49-57(63)53-42-41-43-54(48-53)58(64)50-66-60(47-52(5)6)56(62)45-40-38-36-34-32-30-28-26-24-22-20-18-16-14-12-10-8-2/h41-43,48,51-52,59-60H,7-40,44-47,49-50H2,1-6H3/t59-,60-/m1/s1. The molecule has 0 spiro atoms. The lowest BCUT2D eigenvalue weighted by atomic mass is 9.98. The molecule has 1 aromatic carbocycles. The Morgan fingerprint density at radius 2 is 0.621 bits per heavy atom. The number of Topliss-reactive ketones (excluding diaryl/α,β-unsaturated/α-hetero) is 4. The molecule has 66 heavy (non-hydrogen) atoms. The first kappa shape index (κ1) is 61.8. The van der Waals surface area contributed by atoms with Gasteiger partial charge in [-0.05, 0) is 43.6 Å². The lowest BCUT2D eigenvalue weighted by Gasteiger charge is -2.19. The molecule has 0 fully saturated rings. The number of rotatable bonds is 50. The average molecular weight is 924 g/mol. The van der Waals surface area contributed by atoms with Gasteiger partial charge in [0.25, 0.3) is 0 Å². The molecule has 1 aromatic rings. The summed E-state index contributed by atoms with van der Waals surface area (Å²) in [7, 11) is 0. The molecule has 0 aliphatic rings. The van der Waals surface area contributed by atoms with Crippen molar-refractivity contribution in [2.24, 2.45) is 11.8 Å². The van der Waals surface area contributed by atoms with Crippen LogP contribution in [0.3, 0.4) is 0 Å². The van der Waals surface area contributed by atoms with Crippen LogP contribution in [0, 0.1) is 11.8 Å². The van der Waals surface area contributed by atoms with E-state index in [4.69, 9.17) is 9.47 Å². The number of carbonyl (C=O) groups excluding carboxylic acids is 4. The molecule has 1 rings (SSSR count). The second-order valence-corrected chi connectivity index (χ2v) is 21.0. The van der Waals surface area contributed by atoms with Crippen LogP contribution in [0.2, 0.25) is 0 Å². The number of ether oxygens (including phenoxy) is 2. The Morgan fingerprint density at radius 1 is 0.379 bits per heavy atom. The third kappa shape index (κ3) is 35.9. The van der Waals surface area contributed by atoms with E-state index in [-0.39, 0.29) is 48.2 Å². The molecule has 6 heteroatoms. The first-order valence-electron chi connectivity index (χ1n) is 28.5. The molecule has 0 saturated heterocycles. The van der Waals surface area contributed by atoms with Gasteiger partial charge in [0, 0.05) is 24.0 Å². The Balaban J connectivity index is 2.35. The summed E-state index contributed by atoms with van der Waals surface area (Å²) in [6.07, 6.45) is 45.2. The first-order valence-corrected chi connectivity index (χ1v) is 28.5. The number of unbranched alkanes of at least 4 members (excludes halogenated alkanes) is 32. The van der Waals surface area contributed by atoms with Gasteiger partial charge in [-0.3, -0.25) is 19.2 Å². The Bertz CT molecular complexity index is 1220. The van der Waals surface area contributed by atoms with Crippen molar-refractivity contribution in [3.63, 3.8) is 0 Å². The number of ketones is 4. The summed E-state index contributed by atoms with van der Waals surface area (Å²) in [4.78, 5) is 53.1. The van der Waals surface area contributed by atoms with E-state index in [2.05, 4.69) is 41.5 Å². The number of carbonyl (C=O) groups is 4. The van der Waals surface area contributed by atoms with E-state index in [1.165, 1.54) is 180 Å². The predicted octanol–water partition coefficient (Wildman–Crippen LogP) is 18.1. The highest BCUT2D eigenvalue weighted by molar-refractivity contribution is 6.02. The predicted molar refractivity (Wildman–Crippen MR) is 281 cm³/mol. The second kappa shape index (κ2) is 44.1. The van der Waals surface area contributed by atoms with Gasteiger partial charge in [0.05, 0.1) is 0 Å². The lowest BCUT2D eigenvalue weighted by molar-refractivity contribution is -0.131. The highest BCUT2D eigenvalue weighted by Crippen LogP contribution is 2.20. The van der Waals surface area contributed by atoms with Crippen LogP contribution < -0.4 is 0 Å². The highest BCUT2D eigenvalue weighted by Gasteiger charge is 2.24. The first-order chi connectivity index (χ1) is 32.1. The molecule has 0 aliphatic carbocycles. The number of hydrogen-bond acceptors (Lipinski definition) is 6. The highest BCUT2D eigenvalue weighted by atomic mass is 16.5. The molecule has 0 heterocycles. The minimum Gasteiger partial charge on any atom is -0.362 e. The van der Waals surface area contributed by atoms with E-state index in [0.29, 0.717) is 36.8 Å². The zero-order valence-corrected chi connectivity index (χ0v) is 44.4. The second-order valence-electron chi connectivity index (χ2n) is 21.0. The molecule has 0 saturated carbocycles. The van der Waals surface area contributed by atoms with Crippen molar-refractivity contribution < 1.29 is 28.7 Å². The van der Waals surface area contributed by atoms with Crippen molar-refractivity contribution in [2.75, 3.05) is 13.2 Å². The third-order valence-corrected chi connectivity index (χ3v) is 13.5. The van der Waals surface area contributed by atoms with Crippen molar-refractivity contribution in [1.82, 2.24) is 0 Å². The van der Waals surface area contributed by atoms with Crippen LogP contribution in [0.1, 0.15) is 306 Å². The summed E-state index contributed by atoms with van der Waals surface area (Å²) in [5.74, 6) is 0.161. The molecular formula is C60H106O6.